The van der Waals surface area contributed by atoms with Crippen LogP contribution in [-0.4, -0.2) is 13.1 Å². The lowest BCUT2D eigenvalue weighted by molar-refractivity contribution is -0.136. The highest BCUT2D eigenvalue weighted by molar-refractivity contribution is 14.1. The number of nitrogens with two attached hydrogens (primary N) is 1. The van der Waals surface area contributed by atoms with Crippen LogP contribution < -0.4 is 5.73 Å². The Morgan fingerprint density at radius 2 is 2.14 bits per heavy atom. The molecule has 1 unspecified atom stereocenters. The van der Waals surface area contributed by atoms with E-state index in [1.807, 2.05) is 30.3 Å². The summed E-state index contributed by atoms with van der Waals surface area (Å²) < 4.78 is 11.1. The molecule has 1 atom stereocenters. The third kappa shape index (κ3) is 2.74. The van der Waals surface area contributed by atoms with Gasteiger partial charge in [0.15, 0.2) is 0 Å². The third-order valence-corrected chi connectivity index (χ3v) is 4.21. The van der Waals surface area contributed by atoms with E-state index in [0.29, 0.717) is 11.3 Å². The van der Waals surface area contributed by atoms with E-state index in [1.165, 1.54) is 7.11 Å². The van der Waals surface area contributed by atoms with Gasteiger partial charge in [0.25, 0.3) is 0 Å². The summed E-state index contributed by atoms with van der Waals surface area (Å²) in [7, 11) is 1.29. The van der Waals surface area contributed by atoms with Crippen molar-refractivity contribution in [3.63, 3.8) is 0 Å². The fraction of sp³-hybridized carbons (Fsp3) is 0.200. The molecule has 0 saturated heterocycles. The summed E-state index contributed by atoms with van der Waals surface area (Å²) in [6.45, 7) is 1.63. The van der Waals surface area contributed by atoms with E-state index in [0.717, 1.165) is 9.13 Å². The second-order valence-electron chi connectivity index (χ2n) is 4.41. The molecule has 1 aromatic carbocycles. The average Bonchev–Trinajstić information content (AvgIpc) is 2.46. The predicted octanol–water partition coefficient (Wildman–Crippen LogP) is 2.55. The van der Waals surface area contributed by atoms with Gasteiger partial charge in [0.1, 0.15) is 17.4 Å². The van der Waals surface area contributed by atoms with E-state index in [4.69, 9.17) is 15.2 Å². The fourth-order valence-corrected chi connectivity index (χ4v) is 2.97. The van der Waals surface area contributed by atoms with Crippen LogP contribution >= 0.6 is 22.6 Å². The number of allylic oxidation sites excluding steroid dienone is 2. The number of carbonyl (C=O) groups excluding carboxylic acids is 1. The van der Waals surface area contributed by atoms with Gasteiger partial charge in [-0.25, -0.2) is 4.79 Å². The van der Waals surface area contributed by atoms with Crippen LogP contribution in [0.2, 0.25) is 0 Å². The highest BCUT2D eigenvalue weighted by Gasteiger charge is 2.36. The molecule has 1 aliphatic rings. The van der Waals surface area contributed by atoms with Gasteiger partial charge in [-0.05, 0) is 41.1 Å². The van der Waals surface area contributed by atoms with E-state index in [2.05, 4.69) is 22.6 Å². The van der Waals surface area contributed by atoms with Crippen molar-refractivity contribution in [3.05, 3.63) is 56.2 Å². The molecule has 0 radical (unpaired) electrons. The van der Waals surface area contributed by atoms with Crippen LogP contribution in [0.4, 0.5) is 0 Å². The maximum atomic E-state index is 12.1. The Kier molecular flexibility index (Phi) is 4.53. The molecule has 1 aromatic rings. The Hall–Kier alpha value is -2.01. The highest BCUT2D eigenvalue weighted by Crippen LogP contribution is 2.40. The molecule has 1 aliphatic heterocycles. The Balaban J connectivity index is 2.70. The smallest absolute Gasteiger partial charge is 0.338 e. The zero-order valence-corrected chi connectivity index (χ0v) is 13.7. The molecule has 2 N–H and O–H groups in total. The number of rotatable bonds is 2. The lowest BCUT2D eigenvalue weighted by atomic mass is 9.83. The number of nitrogens with zero attached hydrogens (tertiary/aromatic N) is 1. The SMILES string of the molecule is COC(=O)C1=C(C)OC(N)=C(C#N)C1c1ccccc1I. The first-order valence-electron chi connectivity index (χ1n) is 6.12. The molecule has 6 heteroatoms. The minimum Gasteiger partial charge on any atom is -0.466 e. The van der Waals surface area contributed by atoms with Gasteiger partial charge in [0.05, 0.1) is 18.6 Å². The standard InChI is InChI=1S/C15H13IN2O3/c1-8-12(15(19)20-2)13(10(7-17)14(18)21-8)9-5-3-4-6-11(9)16/h3-6,13H,18H2,1-2H3. The van der Waals surface area contributed by atoms with Crippen LogP contribution in [0.15, 0.2) is 47.1 Å². The summed E-state index contributed by atoms with van der Waals surface area (Å²) in [4.78, 5) is 12.1. The van der Waals surface area contributed by atoms with E-state index in [1.54, 1.807) is 6.92 Å². The number of ether oxygens (including phenoxy) is 2. The van der Waals surface area contributed by atoms with Crippen LogP contribution in [-0.2, 0) is 14.3 Å². The zero-order chi connectivity index (χ0) is 15.6. The van der Waals surface area contributed by atoms with Gasteiger partial charge < -0.3 is 15.2 Å². The average molecular weight is 396 g/mol. The zero-order valence-electron chi connectivity index (χ0n) is 11.5. The molecule has 0 saturated carbocycles. The number of hydrogen-bond donors (Lipinski definition) is 1. The van der Waals surface area contributed by atoms with Crippen molar-refractivity contribution in [2.45, 2.75) is 12.8 Å². The van der Waals surface area contributed by atoms with Gasteiger partial charge >= 0.3 is 5.97 Å². The summed E-state index contributed by atoms with van der Waals surface area (Å²) in [6, 6.07) is 9.54. The number of esters is 1. The van der Waals surface area contributed by atoms with E-state index in [9.17, 15) is 10.1 Å². The summed E-state index contributed by atoms with van der Waals surface area (Å²) >= 11 is 2.16. The van der Waals surface area contributed by atoms with Crippen molar-refractivity contribution < 1.29 is 14.3 Å². The molecule has 1 heterocycles. The first-order valence-corrected chi connectivity index (χ1v) is 7.20. The number of halogens is 1. The largest absolute Gasteiger partial charge is 0.466 e. The number of nitriles is 1. The topological polar surface area (TPSA) is 85.3 Å². The normalized spacial score (nSPS) is 18.1. The molecule has 0 aromatic heterocycles. The molecular weight excluding hydrogens is 383 g/mol. The predicted molar refractivity (Wildman–Crippen MR) is 84.5 cm³/mol. The third-order valence-electron chi connectivity index (χ3n) is 3.23. The van der Waals surface area contributed by atoms with Crippen molar-refractivity contribution in [2.75, 3.05) is 7.11 Å². The number of hydrogen-bond acceptors (Lipinski definition) is 5. The highest BCUT2D eigenvalue weighted by atomic mass is 127. The minimum absolute atomic E-state index is 0.0207. The van der Waals surface area contributed by atoms with Crippen molar-refractivity contribution in [1.29, 1.82) is 5.26 Å². The van der Waals surface area contributed by atoms with Crippen molar-refractivity contribution in [1.82, 2.24) is 0 Å². The number of methoxy groups -OCH3 is 1. The second-order valence-corrected chi connectivity index (χ2v) is 5.57. The van der Waals surface area contributed by atoms with Crippen LogP contribution in [0.1, 0.15) is 18.4 Å². The molecule has 108 valence electrons. The van der Waals surface area contributed by atoms with Gasteiger partial charge in [-0.2, -0.15) is 5.26 Å². The van der Waals surface area contributed by atoms with Crippen molar-refractivity contribution >= 4 is 28.6 Å². The maximum absolute atomic E-state index is 12.1. The van der Waals surface area contributed by atoms with Crippen LogP contribution in [0.3, 0.4) is 0 Å². The first kappa shape index (κ1) is 15.4. The van der Waals surface area contributed by atoms with Crippen molar-refractivity contribution in [3.8, 4) is 6.07 Å². The van der Waals surface area contributed by atoms with E-state index >= 15 is 0 Å². The van der Waals surface area contributed by atoms with Gasteiger partial charge in [0, 0.05) is 3.57 Å². The number of benzene rings is 1. The van der Waals surface area contributed by atoms with Crippen LogP contribution in [0.5, 0.6) is 0 Å². The molecule has 2 rings (SSSR count). The Morgan fingerprint density at radius 3 is 2.71 bits per heavy atom. The molecular formula is C15H13IN2O3. The summed E-state index contributed by atoms with van der Waals surface area (Å²) in [5.41, 5.74) is 7.14. The summed E-state index contributed by atoms with van der Waals surface area (Å²) in [5.74, 6) is -0.739. The molecule has 0 bridgehead atoms. The minimum atomic E-state index is -0.579. The quantitative estimate of drug-likeness (QED) is 0.614. The van der Waals surface area contributed by atoms with Gasteiger partial charge in [0.2, 0.25) is 5.88 Å². The van der Waals surface area contributed by atoms with Gasteiger partial charge in [-0.1, -0.05) is 18.2 Å². The fourth-order valence-electron chi connectivity index (χ4n) is 2.28. The molecule has 0 aliphatic carbocycles. The van der Waals surface area contributed by atoms with E-state index < -0.39 is 11.9 Å². The molecule has 5 nitrogen and oxygen atoms in total. The van der Waals surface area contributed by atoms with Crippen molar-refractivity contribution in [2.24, 2.45) is 5.73 Å². The lowest BCUT2D eigenvalue weighted by Gasteiger charge is -2.27. The van der Waals surface area contributed by atoms with E-state index in [-0.39, 0.29) is 11.5 Å². The van der Waals surface area contributed by atoms with Gasteiger partial charge in [-0.3, -0.25) is 0 Å². The lowest BCUT2D eigenvalue weighted by Crippen LogP contribution is -2.25. The molecule has 0 spiro atoms. The monoisotopic (exact) mass is 396 g/mol. The molecule has 0 amide bonds. The summed E-state index contributed by atoms with van der Waals surface area (Å²) in [5, 5.41) is 9.40. The molecule has 0 fully saturated rings. The maximum Gasteiger partial charge on any atom is 0.338 e. The second kappa shape index (κ2) is 6.18. The summed E-state index contributed by atoms with van der Waals surface area (Å²) in [6.07, 6.45) is 0. The van der Waals surface area contributed by atoms with Crippen LogP contribution in [0.25, 0.3) is 0 Å². The Morgan fingerprint density at radius 1 is 1.48 bits per heavy atom. The molecule has 21 heavy (non-hydrogen) atoms. The Bertz CT molecular complexity index is 701. The first-order chi connectivity index (χ1) is 10.0. The van der Waals surface area contributed by atoms with Crippen LogP contribution in [0, 0.1) is 14.9 Å². The van der Waals surface area contributed by atoms with Gasteiger partial charge in [-0.15, -0.1) is 0 Å². The number of carbonyl (C=O) groups is 1. The Labute approximate surface area is 136 Å².